The second-order valence-electron chi connectivity index (χ2n) is 5.90. The third kappa shape index (κ3) is 3.27. The minimum absolute atomic E-state index is 0.0481. The first-order chi connectivity index (χ1) is 13.6. The van der Waals surface area contributed by atoms with Crippen molar-refractivity contribution in [2.75, 3.05) is 4.90 Å². The van der Waals surface area contributed by atoms with Crippen LogP contribution in [0.1, 0.15) is 16.7 Å². The zero-order valence-electron chi connectivity index (χ0n) is 15.1. The topological polar surface area (TPSA) is 24.3 Å². The number of benzene rings is 2. The van der Waals surface area contributed by atoms with Crippen molar-refractivity contribution in [1.82, 2.24) is 0 Å². The van der Waals surface area contributed by atoms with Crippen LogP contribution in [0.25, 0.3) is 15.3 Å². The molecule has 0 atom stereocenters. The van der Waals surface area contributed by atoms with E-state index in [4.69, 9.17) is 31.0 Å². The van der Waals surface area contributed by atoms with Gasteiger partial charge in [-0.1, -0.05) is 43.2 Å². The maximum atomic E-state index is 7.24. The molecule has 0 unspecified atom stereocenters. The Morgan fingerprint density at radius 1 is 1.00 bits per heavy atom. The number of nitrogens with zero attached hydrogens (tertiary/aromatic N) is 4. The summed E-state index contributed by atoms with van der Waals surface area (Å²) in [5.41, 5.74) is 5.52. The Bertz CT molecular complexity index is 1180. The molecular formula is C24H14N4. The van der Waals surface area contributed by atoms with Gasteiger partial charge in [-0.15, -0.1) is 0 Å². The number of hydrogen-bond donors (Lipinski definition) is 0. The lowest BCUT2D eigenvalue weighted by Gasteiger charge is -2.15. The minimum atomic E-state index is 0.0481. The highest BCUT2D eigenvalue weighted by Gasteiger charge is 2.22. The van der Waals surface area contributed by atoms with Crippen LogP contribution in [0.5, 0.6) is 0 Å². The van der Waals surface area contributed by atoms with Crippen molar-refractivity contribution in [2.45, 2.75) is 6.92 Å². The summed E-state index contributed by atoms with van der Waals surface area (Å²) in [5.74, 6) is 0.0481. The van der Waals surface area contributed by atoms with Crippen LogP contribution in [0.15, 0.2) is 65.4 Å². The lowest BCUT2D eigenvalue weighted by Crippen LogP contribution is -2.08. The Balaban J connectivity index is 2.11. The van der Waals surface area contributed by atoms with E-state index in [1.54, 1.807) is 6.08 Å². The molecule has 0 bridgehead atoms. The fourth-order valence-corrected chi connectivity index (χ4v) is 2.94. The predicted octanol–water partition coefficient (Wildman–Crippen LogP) is 5.18. The van der Waals surface area contributed by atoms with Crippen molar-refractivity contribution in [2.24, 2.45) is 4.99 Å². The maximum absolute atomic E-state index is 7.24. The van der Waals surface area contributed by atoms with Crippen molar-refractivity contribution in [3.63, 3.8) is 0 Å². The van der Waals surface area contributed by atoms with Gasteiger partial charge in [-0.25, -0.2) is 9.89 Å². The van der Waals surface area contributed by atoms with E-state index < -0.39 is 0 Å². The summed E-state index contributed by atoms with van der Waals surface area (Å²) in [5, 5.41) is 0. The molecule has 4 heteroatoms. The molecule has 0 spiro atoms. The standard InChI is InChI=1S/C24H14N4/c1-6-28(7-2)18-12-14-22(17(3)16-18)27-23-15-13-21(24(25-4)26-5)19-10-8-9-11-20(19)23/h1-2,8-16H,3H3. The number of aliphatic imine (C=N–C) groups is 1. The molecule has 0 N–H and O–H groups in total. The van der Waals surface area contributed by atoms with Crippen LogP contribution < -0.4 is 4.90 Å². The second-order valence-corrected chi connectivity index (χ2v) is 5.90. The largest absolute Gasteiger partial charge is 0.527 e. The van der Waals surface area contributed by atoms with Gasteiger partial charge in [0.1, 0.15) is 13.1 Å². The summed E-state index contributed by atoms with van der Waals surface area (Å²) < 4.78 is 0. The molecule has 0 saturated heterocycles. The van der Waals surface area contributed by atoms with Crippen LogP contribution >= 0.6 is 0 Å². The molecule has 2 aromatic rings. The third-order valence-corrected chi connectivity index (χ3v) is 4.29. The number of allylic oxidation sites excluding steroid dienone is 3. The first kappa shape index (κ1) is 18.3. The van der Waals surface area contributed by atoms with E-state index in [1.807, 2.05) is 55.5 Å². The van der Waals surface area contributed by atoms with E-state index in [0.717, 1.165) is 33.8 Å². The Labute approximate surface area is 164 Å². The molecular weight excluding hydrogens is 344 g/mol. The normalized spacial score (nSPS) is 12.9. The average molecular weight is 358 g/mol. The summed E-state index contributed by atoms with van der Waals surface area (Å²) in [7, 11) is 0. The Morgan fingerprint density at radius 3 is 2.29 bits per heavy atom. The second kappa shape index (κ2) is 7.80. The quantitative estimate of drug-likeness (QED) is 0.412. The van der Waals surface area contributed by atoms with Crippen molar-refractivity contribution >= 4 is 22.7 Å². The highest BCUT2D eigenvalue weighted by atomic mass is 15.1. The number of fused-ring (bicyclic) bond motifs is 1. The molecule has 0 fully saturated rings. The van der Waals surface area contributed by atoms with Gasteiger partial charge < -0.3 is 0 Å². The van der Waals surface area contributed by atoms with Crippen LogP contribution in [0, 0.1) is 45.0 Å². The molecule has 0 saturated carbocycles. The van der Waals surface area contributed by atoms with Gasteiger partial charge in [-0.2, -0.15) is 9.69 Å². The van der Waals surface area contributed by atoms with E-state index in [1.165, 1.54) is 4.90 Å². The molecule has 1 aliphatic rings. The number of rotatable bonds is 2. The number of anilines is 1. The summed E-state index contributed by atoms with van der Waals surface area (Å²) in [6, 6.07) is 18.1. The number of aryl methyl sites for hydroxylation is 1. The van der Waals surface area contributed by atoms with E-state index in [2.05, 4.69) is 21.8 Å². The van der Waals surface area contributed by atoms with Gasteiger partial charge >= 0.3 is 5.82 Å². The van der Waals surface area contributed by atoms with Crippen molar-refractivity contribution in [1.29, 1.82) is 0 Å². The summed E-state index contributed by atoms with van der Waals surface area (Å²) in [6.07, 6.45) is 14.4. The lowest BCUT2D eigenvalue weighted by molar-refractivity contribution is 1.33. The van der Waals surface area contributed by atoms with Crippen LogP contribution in [-0.4, -0.2) is 5.71 Å². The van der Waals surface area contributed by atoms with Gasteiger partial charge in [0.15, 0.2) is 0 Å². The Kier molecular flexibility index (Phi) is 5.09. The summed E-state index contributed by atoms with van der Waals surface area (Å²) >= 11 is 0. The summed E-state index contributed by atoms with van der Waals surface area (Å²) in [6.45, 7) is 16.4. The molecule has 3 rings (SSSR count). The highest BCUT2D eigenvalue weighted by Crippen LogP contribution is 2.32. The number of hydrogen-bond acceptors (Lipinski definition) is 2. The van der Waals surface area contributed by atoms with Gasteiger partial charge in [-0.3, -0.25) is 0 Å². The van der Waals surface area contributed by atoms with E-state index in [9.17, 15) is 0 Å². The molecule has 0 heterocycles. The first-order valence-corrected chi connectivity index (χ1v) is 8.32. The van der Waals surface area contributed by atoms with Crippen molar-refractivity contribution in [3.05, 3.63) is 100.0 Å². The Morgan fingerprint density at radius 2 is 1.68 bits per heavy atom. The minimum Gasteiger partial charge on any atom is -0.248 e. The molecule has 130 valence electrons. The maximum Gasteiger partial charge on any atom is 0.527 e. The van der Waals surface area contributed by atoms with Crippen molar-refractivity contribution in [3.8, 4) is 24.9 Å². The summed E-state index contributed by atoms with van der Waals surface area (Å²) in [4.78, 5) is 12.8. The highest BCUT2D eigenvalue weighted by molar-refractivity contribution is 6.16. The molecule has 4 nitrogen and oxygen atoms in total. The SMILES string of the molecule is [C-]#[N+]C([N+]#[C-])=C1C=CC(=Nc2ccc(N(C#C)C#C)cc2C)c2ccccc21. The average Bonchev–Trinajstić information content (AvgIpc) is 2.73. The van der Waals surface area contributed by atoms with Crippen molar-refractivity contribution < 1.29 is 0 Å². The van der Waals surface area contributed by atoms with Crippen LogP contribution in [0.4, 0.5) is 11.4 Å². The first-order valence-electron chi connectivity index (χ1n) is 8.32. The van der Waals surface area contributed by atoms with Crippen LogP contribution in [-0.2, 0) is 0 Å². The molecule has 1 aliphatic carbocycles. The predicted molar refractivity (Wildman–Crippen MR) is 113 cm³/mol. The van der Waals surface area contributed by atoms with Crippen LogP contribution in [0.3, 0.4) is 0 Å². The molecule has 28 heavy (non-hydrogen) atoms. The smallest absolute Gasteiger partial charge is 0.248 e. The molecule has 2 aromatic carbocycles. The molecule has 0 radical (unpaired) electrons. The number of terminal acetylenes is 2. The lowest BCUT2D eigenvalue weighted by atomic mass is 9.91. The van der Waals surface area contributed by atoms with Gasteiger partial charge in [0, 0.05) is 17.7 Å². The van der Waals surface area contributed by atoms with Gasteiger partial charge in [0.2, 0.25) is 0 Å². The monoisotopic (exact) mass is 358 g/mol. The Hall–Kier alpha value is -4.51. The van der Waals surface area contributed by atoms with E-state index >= 15 is 0 Å². The van der Waals surface area contributed by atoms with E-state index in [0.29, 0.717) is 5.57 Å². The molecule has 0 aromatic heterocycles. The fraction of sp³-hybridized carbons (Fsp3) is 0.0417. The zero-order chi connectivity index (χ0) is 20.1. The third-order valence-electron chi connectivity index (χ3n) is 4.29. The molecule has 0 aliphatic heterocycles. The van der Waals surface area contributed by atoms with Crippen LogP contribution in [0.2, 0.25) is 0 Å². The van der Waals surface area contributed by atoms with Gasteiger partial charge in [0.05, 0.1) is 22.7 Å². The fourth-order valence-electron chi connectivity index (χ4n) is 2.94. The van der Waals surface area contributed by atoms with E-state index in [-0.39, 0.29) is 5.82 Å². The molecule has 0 amide bonds. The zero-order valence-corrected chi connectivity index (χ0v) is 15.1. The van der Waals surface area contributed by atoms with Gasteiger partial charge in [-0.05, 0) is 42.3 Å². The van der Waals surface area contributed by atoms with Gasteiger partial charge in [0.25, 0.3) is 0 Å².